The van der Waals surface area contributed by atoms with Crippen LogP contribution in [0.1, 0.15) is 134 Å². The molecule has 3 atom stereocenters. The molecule has 0 saturated carbocycles. The number of aliphatic hydroxyl groups is 1. The molecule has 3 heterocycles. The van der Waals surface area contributed by atoms with Crippen molar-refractivity contribution in [2.45, 2.75) is 124 Å². The van der Waals surface area contributed by atoms with E-state index >= 15 is 0 Å². The summed E-state index contributed by atoms with van der Waals surface area (Å²) in [6.45, 7) is 17.3. The van der Waals surface area contributed by atoms with Gasteiger partial charge in [0.2, 0.25) is 29.0 Å². The van der Waals surface area contributed by atoms with E-state index in [1.54, 1.807) is 64.5 Å². The van der Waals surface area contributed by atoms with E-state index in [-0.39, 0.29) is 84.7 Å². The van der Waals surface area contributed by atoms with E-state index in [1.807, 2.05) is 44.2 Å². The molecule has 6 amide bonds. The van der Waals surface area contributed by atoms with Gasteiger partial charge in [-0.3, -0.25) is 33.6 Å². The number of fused-ring (bicyclic) bond motifs is 2. The molecule has 1 aliphatic carbocycles. The van der Waals surface area contributed by atoms with Crippen molar-refractivity contribution in [1.82, 2.24) is 50.6 Å². The van der Waals surface area contributed by atoms with Crippen molar-refractivity contribution in [2.24, 2.45) is 5.92 Å². The minimum Gasteiger partial charge on any atom is -0.456 e. The number of halogens is 2. The van der Waals surface area contributed by atoms with Gasteiger partial charge in [-0.15, -0.1) is 5.10 Å². The lowest BCUT2D eigenvalue weighted by Crippen LogP contribution is -2.50. The topological polar surface area (TPSA) is 244 Å². The number of piperazine rings is 1. The lowest BCUT2D eigenvalue weighted by atomic mass is 9.90. The van der Waals surface area contributed by atoms with Gasteiger partial charge in [-0.05, 0) is 106 Å². The van der Waals surface area contributed by atoms with Crippen LogP contribution in [0.5, 0.6) is 0 Å². The van der Waals surface area contributed by atoms with Crippen LogP contribution in [-0.4, -0.2) is 148 Å². The maximum Gasteiger partial charge on any atom is 0.254 e. The van der Waals surface area contributed by atoms with E-state index in [1.165, 1.54) is 10.7 Å². The highest BCUT2D eigenvalue weighted by Crippen LogP contribution is 2.42. The monoisotopic (exact) mass is 1340 g/mol. The average Bonchev–Trinajstić information content (AvgIpc) is 0.895. The molecule has 510 valence electrons. The van der Waals surface area contributed by atoms with Crippen LogP contribution in [0.2, 0.25) is 5.02 Å². The van der Waals surface area contributed by atoms with Crippen molar-refractivity contribution in [3.8, 4) is 22.5 Å². The molecule has 1 unspecified atom stereocenters. The maximum absolute atomic E-state index is 14.6. The molecular weight excluding hydrogens is 1250 g/mol. The fraction of sp³-hybridized carbons (Fsp3) is 0.387. The Labute approximate surface area is 570 Å². The van der Waals surface area contributed by atoms with Crippen LogP contribution in [-0.2, 0) is 38.7 Å². The summed E-state index contributed by atoms with van der Waals surface area (Å²) in [5.41, 5.74) is 7.07. The smallest absolute Gasteiger partial charge is 0.254 e. The molecule has 1 saturated heterocycles. The zero-order chi connectivity index (χ0) is 69.1. The second kappa shape index (κ2) is 34.4. The highest BCUT2D eigenvalue weighted by atomic mass is 35.5. The molecule has 6 aromatic rings. The van der Waals surface area contributed by atoms with Gasteiger partial charge in [-0.25, -0.2) is 13.6 Å². The minimum atomic E-state index is -1.12. The van der Waals surface area contributed by atoms with Crippen molar-refractivity contribution in [1.29, 1.82) is 0 Å². The number of unbranched alkanes of at least 4 members (excludes halogenated alkanes) is 2. The Morgan fingerprint density at radius 1 is 0.711 bits per heavy atom. The molecule has 0 radical (unpaired) electrons. The van der Waals surface area contributed by atoms with Crippen LogP contribution in [0.15, 0.2) is 144 Å². The van der Waals surface area contributed by atoms with Crippen molar-refractivity contribution >= 4 is 69.5 Å². The second-order valence-corrected chi connectivity index (χ2v) is 25.2. The normalized spacial score (nSPS) is 13.3. The Hall–Kier alpha value is -9.60. The first-order chi connectivity index (χ1) is 46.8. The van der Waals surface area contributed by atoms with Gasteiger partial charge in [0, 0.05) is 123 Å². The number of carbonyl (C=O) groups excluding carboxylic acids is 7. The first kappa shape index (κ1) is 71.7. The van der Waals surface area contributed by atoms with Crippen molar-refractivity contribution in [2.75, 3.05) is 63.8 Å². The summed E-state index contributed by atoms with van der Waals surface area (Å²) in [5, 5.41) is 33.0. The molecule has 22 heteroatoms. The molecular formula is C75H88ClFN11O9+. The number of benzene rings is 6. The zero-order valence-corrected chi connectivity index (χ0v) is 56.9. The molecule has 2 aliphatic heterocycles. The van der Waals surface area contributed by atoms with Crippen LogP contribution in [0.4, 0.5) is 10.1 Å². The predicted molar refractivity (Wildman–Crippen MR) is 373 cm³/mol. The van der Waals surface area contributed by atoms with E-state index in [4.69, 9.17) is 16.0 Å². The summed E-state index contributed by atoms with van der Waals surface area (Å²) in [6, 6.07) is 37.7. The van der Waals surface area contributed by atoms with Gasteiger partial charge in [0.05, 0.1) is 48.1 Å². The quantitative estimate of drug-likeness (QED) is 0.0118. The van der Waals surface area contributed by atoms with Crippen LogP contribution < -0.4 is 36.1 Å². The zero-order valence-electron chi connectivity index (χ0n) is 56.1. The fourth-order valence-electron chi connectivity index (χ4n) is 12.4. The van der Waals surface area contributed by atoms with Crippen LogP contribution in [0.25, 0.3) is 33.4 Å². The molecule has 1 aromatic heterocycles. The summed E-state index contributed by atoms with van der Waals surface area (Å²) < 4.78 is 24.1. The summed E-state index contributed by atoms with van der Waals surface area (Å²) in [5.74, 6) is -1.94. The third kappa shape index (κ3) is 18.9. The van der Waals surface area contributed by atoms with Crippen LogP contribution in [0, 0.1) is 11.7 Å². The number of hydrogen-bond donors (Lipinski definition) is 5. The Bertz CT molecular complexity index is 4100. The van der Waals surface area contributed by atoms with Gasteiger partial charge in [-0.2, -0.15) is 0 Å². The number of aliphatic hydroxyl groups excluding tert-OH is 1. The second-order valence-electron chi connectivity index (χ2n) is 24.8. The Balaban J connectivity index is 0.739. The molecule has 1 fully saturated rings. The minimum absolute atomic E-state index is 0.000105. The van der Waals surface area contributed by atoms with Crippen molar-refractivity contribution < 1.29 is 47.5 Å². The van der Waals surface area contributed by atoms with Crippen LogP contribution in [0.3, 0.4) is 0 Å². The maximum atomic E-state index is 14.6. The molecule has 9 rings (SSSR count). The lowest BCUT2D eigenvalue weighted by Gasteiger charge is -2.35. The Kier molecular flexibility index (Phi) is 25.4. The average molecular weight is 1340 g/mol. The SMILES string of the molecule is CCN(CC)c1ccc2c(-c3ccccc3C(=O)N3CCN(C(=O)CCC(=O)NCCCCCC(=O)N[C@@H](Cc4ccc(C(=O)c5ccccc5)cc4)C(=O)NCc4cn(CC(O)[C@H](CC(C)C)NC(=O)c5ccc(F)cc5Cl)nn4)CC3)c3ccc(=[N+](CC)CC)cc-3oc2c1. The third-order valence-electron chi connectivity index (χ3n) is 17.7. The number of hydrogen-bond acceptors (Lipinski definition) is 12. The lowest BCUT2D eigenvalue weighted by molar-refractivity contribution is -0.134. The van der Waals surface area contributed by atoms with Gasteiger partial charge < -0.3 is 45.5 Å². The molecule has 20 nitrogen and oxygen atoms in total. The van der Waals surface area contributed by atoms with E-state index in [9.17, 15) is 43.1 Å². The van der Waals surface area contributed by atoms with Gasteiger partial charge in [0.25, 0.3) is 11.8 Å². The first-order valence-corrected chi connectivity index (χ1v) is 34.1. The van der Waals surface area contributed by atoms with Crippen molar-refractivity contribution in [3.63, 3.8) is 0 Å². The number of aromatic nitrogens is 3. The molecule has 5 N–H and O–H groups in total. The number of rotatable bonds is 31. The third-order valence-corrected chi connectivity index (χ3v) is 18.0. The number of nitrogens with one attached hydrogen (secondary N) is 4. The standard InChI is InChI=1S/C75H87ClFN11O9/c1-7-84(8-2)55-29-32-60-66(44-55)97-67-45-56(85(9-3)10-4)30-33-61(67)71(60)57-21-16-17-22-58(57)75(96)87-39-37-86(38-40-87)70(92)35-34-68(90)78-36-18-12-15-23-69(91)80-64(42-50-24-26-52(27-25-50)72(93)51-19-13-11-14-20-51)74(95)79-46-54-47-88(83-82-54)48-65(89)63(41-49(5)6)81-73(94)59-31-28-53(77)43-62(59)76/h11,13-14,16-17,19-22,24-33,43-45,47,49,63-65,89H,7-10,12,15,18,23,34-42,46,48H2,1-6H3,(H3-,78,79,80,81,90,91,94,95)/p+1/t63-,64-,65?/m0/s1. The van der Waals surface area contributed by atoms with E-state index < -0.39 is 35.8 Å². The number of carbonyl (C=O) groups is 7. The number of amides is 6. The largest absolute Gasteiger partial charge is 0.456 e. The van der Waals surface area contributed by atoms with Gasteiger partial charge >= 0.3 is 0 Å². The number of anilines is 1. The molecule has 97 heavy (non-hydrogen) atoms. The van der Waals surface area contributed by atoms with Gasteiger partial charge in [-0.1, -0.05) is 110 Å². The van der Waals surface area contributed by atoms with Crippen LogP contribution >= 0.6 is 11.6 Å². The highest BCUT2D eigenvalue weighted by molar-refractivity contribution is 6.33. The Morgan fingerprint density at radius 2 is 1.42 bits per heavy atom. The van der Waals surface area contributed by atoms with Gasteiger partial charge in [0.1, 0.15) is 42.0 Å². The molecule has 3 aliphatic rings. The summed E-state index contributed by atoms with van der Waals surface area (Å²) in [4.78, 5) is 101. The molecule has 5 aromatic carbocycles. The summed E-state index contributed by atoms with van der Waals surface area (Å²) in [6.07, 6.45) is 2.68. The van der Waals surface area contributed by atoms with E-state index in [2.05, 4.69) is 105 Å². The van der Waals surface area contributed by atoms with E-state index in [0.717, 1.165) is 82.8 Å². The molecule has 0 bridgehead atoms. The van der Waals surface area contributed by atoms with Crippen molar-refractivity contribution in [3.05, 3.63) is 189 Å². The number of ketones is 1. The highest BCUT2D eigenvalue weighted by Gasteiger charge is 2.31. The summed E-state index contributed by atoms with van der Waals surface area (Å²) in [7, 11) is 0. The fourth-order valence-corrected chi connectivity index (χ4v) is 12.6. The molecule has 0 spiro atoms. The van der Waals surface area contributed by atoms with E-state index in [0.29, 0.717) is 86.4 Å². The Morgan fingerprint density at radius 3 is 2.13 bits per heavy atom. The van der Waals surface area contributed by atoms with Gasteiger partial charge in [0.15, 0.2) is 5.78 Å². The predicted octanol–water partition coefficient (Wildman–Crippen LogP) is 9.47. The number of nitrogens with zero attached hydrogens (tertiary/aromatic N) is 7. The summed E-state index contributed by atoms with van der Waals surface area (Å²) >= 11 is 6.15. The first-order valence-electron chi connectivity index (χ1n) is 33.7.